The standard InChI is InChI=1S/C23H17FN4O3/c24-17-6-4-15(5-7-17)21-20(14-8-10-25-11-9-14)23(28-27-21)26-19(29)12-16-2-1-3-18-22(16)31-13-30-18/h1-11H,12-13H2,(H2,26,27,28,29). The lowest BCUT2D eigenvalue weighted by atomic mass is 10.0. The zero-order chi connectivity index (χ0) is 21.2. The van der Waals surface area contributed by atoms with E-state index in [1.165, 1.54) is 12.1 Å². The number of pyridine rings is 1. The molecule has 31 heavy (non-hydrogen) atoms. The van der Waals surface area contributed by atoms with Crippen LogP contribution in [-0.2, 0) is 11.2 Å². The van der Waals surface area contributed by atoms with Gasteiger partial charge in [-0.1, -0.05) is 12.1 Å². The number of halogens is 1. The molecule has 1 aliphatic heterocycles. The molecule has 8 heteroatoms. The van der Waals surface area contributed by atoms with Crippen LogP contribution in [0.1, 0.15) is 5.56 Å². The second-order valence-corrected chi connectivity index (χ2v) is 6.94. The number of rotatable bonds is 5. The summed E-state index contributed by atoms with van der Waals surface area (Å²) in [7, 11) is 0. The van der Waals surface area contributed by atoms with Crippen molar-refractivity contribution in [1.82, 2.24) is 15.2 Å². The average Bonchev–Trinajstić information content (AvgIpc) is 3.43. The number of nitrogens with one attached hydrogen (secondary N) is 2. The molecule has 2 aromatic heterocycles. The molecule has 1 aliphatic rings. The molecule has 0 aliphatic carbocycles. The summed E-state index contributed by atoms with van der Waals surface area (Å²) >= 11 is 0. The third-order valence-corrected chi connectivity index (χ3v) is 4.96. The lowest BCUT2D eigenvalue weighted by Crippen LogP contribution is -2.15. The Morgan fingerprint density at radius 1 is 1.03 bits per heavy atom. The Labute approximate surface area is 176 Å². The lowest BCUT2D eigenvalue weighted by Gasteiger charge is -2.09. The van der Waals surface area contributed by atoms with Crippen molar-refractivity contribution in [1.29, 1.82) is 0 Å². The van der Waals surface area contributed by atoms with Gasteiger partial charge in [0, 0.05) is 23.5 Å². The van der Waals surface area contributed by atoms with Gasteiger partial charge in [0.1, 0.15) is 5.82 Å². The molecule has 3 heterocycles. The maximum Gasteiger partial charge on any atom is 0.231 e. The second-order valence-electron chi connectivity index (χ2n) is 6.94. The van der Waals surface area contributed by atoms with E-state index in [1.54, 1.807) is 30.6 Å². The van der Waals surface area contributed by atoms with Gasteiger partial charge in [-0.15, -0.1) is 0 Å². The molecule has 2 aromatic carbocycles. The minimum absolute atomic E-state index is 0.0983. The Morgan fingerprint density at radius 2 is 1.84 bits per heavy atom. The number of aromatic nitrogens is 3. The van der Waals surface area contributed by atoms with E-state index in [0.29, 0.717) is 28.6 Å². The van der Waals surface area contributed by atoms with Gasteiger partial charge < -0.3 is 14.8 Å². The Bertz CT molecular complexity index is 1240. The van der Waals surface area contributed by atoms with Crippen molar-refractivity contribution in [2.75, 3.05) is 12.1 Å². The Kier molecular flexibility index (Phi) is 4.80. The summed E-state index contributed by atoms with van der Waals surface area (Å²) in [6.45, 7) is 0.139. The topological polar surface area (TPSA) is 89.1 Å². The number of nitrogens with zero attached hydrogens (tertiary/aromatic N) is 2. The van der Waals surface area contributed by atoms with Gasteiger partial charge in [0.15, 0.2) is 17.3 Å². The molecule has 0 atom stereocenters. The zero-order valence-electron chi connectivity index (χ0n) is 16.3. The highest BCUT2D eigenvalue weighted by Crippen LogP contribution is 2.37. The zero-order valence-corrected chi connectivity index (χ0v) is 16.3. The number of H-pyrrole nitrogens is 1. The highest BCUT2D eigenvalue weighted by Gasteiger charge is 2.22. The van der Waals surface area contributed by atoms with Crippen LogP contribution < -0.4 is 14.8 Å². The van der Waals surface area contributed by atoms with Gasteiger partial charge in [0.25, 0.3) is 0 Å². The SMILES string of the molecule is O=C(Cc1cccc2c1OCO2)Nc1n[nH]c(-c2ccc(F)cc2)c1-c1ccncc1. The van der Waals surface area contributed by atoms with Gasteiger partial charge in [-0.3, -0.25) is 14.9 Å². The summed E-state index contributed by atoms with van der Waals surface area (Å²) in [4.78, 5) is 16.9. The summed E-state index contributed by atoms with van der Waals surface area (Å²) in [5.74, 6) is 1.00. The van der Waals surface area contributed by atoms with Crippen molar-refractivity contribution in [2.24, 2.45) is 0 Å². The minimum atomic E-state index is -0.330. The Balaban J connectivity index is 1.47. The molecule has 0 saturated heterocycles. The van der Waals surface area contributed by atoms with Gasteiger partial charge in [0.2, 0.25) is 12.7 Å². The van der Waals surface area contributed by atoms with E-state index >= 15 is 0 Å². The molecule has 0 fully saturated rings. The van der Waals surface area contributed by atoms with E-state index in [9.17, 15) is 9.18 Å². The number of benzene rings is 2. The number of anilines is 1. The number of hydrogen-bond donors (Lipinski definition) is 2. The van der Waals surface area contributed by atoms with Gasteiger partial charge in [-0.25, -0.2) is 4.39 Å². The van der Waals surface area contributed by atoms with Crippen molar-refractivity contribution < 1.29 is 18.7 Å². The van der Waals surface area contributed by atoms with Crippen LogP contribution in [-0.4, -0.2) is 27.9 Å². The normalized spacial score (nSPS) is 12.0. The van der Waals surface area contributed by atoms with E-state index in [1.807, 2.05) is 24.3 Å². The molecule has 2 N–H and O–H groups in total. The average molecular weight is 416 g/mol. The fourth-order valence-corrected chi connectivity index (χ4v) is 3.54. The number of aromatic amines is 1. The molecule has 0 radical (unpaired) electrons. The largest absolute Gasteiger partial charge is 0.454 e. The molecule has 4 aromatic rings. The van der Waals surface area contributed by atoms with Crippen LogP contribution in [0.25, 0.3) is 22.4 Å². The smallest absolute Gasteiger partial charge is 0.231 e. The number of hydrogen-bond acceptors (Lipinski definition) is 5. The van der Waals surface area contributed by atoms with E-state index in [2.05, 4.69) is 20.5 Å². The molecule has 7 nitrogen and oxygen atoms in total. The first-order valence-electron chi connectivity index (χ1n) is 9.61. The highest BCUT2D eigenvalue weighted by molar-refractivity contribution is 5.98. The van der Waals surface area contributed by atoms with E-state index < -0.39 is 0 Å². The van der Waals surface area contributed by atoms with Crippen LogP contribution in [0.15, 0.2) is 67.0 Å². The summed E-state index contributed by atoms with van der Waals surface area (Å²) in [6.07, 6.45) is 3.42. The molecular formula is C23H17FN4O3. The number of carbonyl (C=O) groups is 1. The Hall–Kier alpha value is -4.20. The Morgan fingerprint density at radius 3 is 2.65 bits per heavy atom. The molecule has 0 spiro atoms. The van der Waals surface area contributed by atoms with Crippen molar-refractivity contribution in [3.05, 3.63) is 78.4 Å². The summed E-state index contributed by atoms with van der Waals surface area (Å²) < 4.78 is 24.3. The van der Waals surface area contributed by atoms with E-state index in [0.717, 1.165) is 16.7 Å². The number of amides is 1. The van der Waals surface area contributed by atoms with Crippen LogP contribution in [0.5, 0.6) is 11.5 Å². The van der Waals surface area contributed by atoms with Crippen LogP contribution in [0, 0.1) is 5.82 Å². The molecule has 0 bridgehead atoms. The third-order valence-electron chi connectivity index (χ3n) is 4.96. The minimum Gasteiger partial charge on any atom is -0.454 e. The molecule has 5 rings (SSSR count). The first kappa shape index (κ1) is 18.8. The van der Waals surface area contributed by atoms with Crippen molar-refractivity contribution >= 4 is 11.7 Å². The molecule has 0 saturated carbocycles. The number of fused-ring (bicyclic) bond motifs is 1. The van der Waals surface area contributed by atoms with Crippen molar-refractivity contribution in [3.8, 4) is 33.9 Å². The van der Waals surface area contributed by atoms with E-state index in [4.69, 9.17) is 9.47 Å². The molecular weight excluding hydrogens is 399 g/mol. The fraction of sp³-hybridized carbons (Fsp3) is 0.0870. The van der Waals surface area contributed by atoms with Crippen LogP contribution in [0.2, 0.25) is 0 Å². The van der Waals surface area contributed by atoms with Crippen LogP contribution in [0.3, 0.4) is 0 Å². The van der Waals surface area contributed by atoms with Gasteiger partial charge in [-0.05, 0) is 48.0 Å². The predicted octanol–water partition coefficient (Wildman–Crippen LogP) is 4.19. The summed E-state index contributed by atoms with van der Waals surface area (Å²) in [5, 5.41) is 10.2. The second kappa shape index (κ2) is 7.91. The van der Waals surface area contributed by atoms with E-state index in [-0.39, 0.29) is 24.9 Å². The quantitative estimate of drug-likeness (QED) is 0.509. The summed E-state index contributed by atoms with van der Waals surface area (Å²) in [6, 6.07) is 15.2. The lowest BCUT2D eigenvalue weighted by molar-refractivity contribution is -0.115. The van der Waals surface area contributed by atoms with Gasteiger partial charge in [-0.2, -0.15) is 5.10 Å². The molecule has 1 amide bonds. The monoisotopic (exact) mass is 416 g/mol. The summed E-state index contributed by atoms with van der Waals surface area (Å²) in [5.41, 5.74) is 3.65. The fourth-order valence-electron chi connectivity index (χ4n) is 3.54. The van der Waals surface area contributed by atoms with Crippen LogP contribution >= 0.6 is 0 Å². The first-order valence-corrected chi connectivity index (χ1v) is 9.61. The first-order chi connectivity index (χ1) is 15.2. The number of carbonyl (C=O) groups excluding carboxylic acids is 1. The van der Waals surface area contributed by atoms with Gasteiger partial charge in [0.05, 0.1) is 17.7 Å². The number of para-hydroxylation sites is 1. The third kappa shape index (κ3) is 3.71. The number of ether oxygens (including phenoxy) is 2. The maximum atomic E-state index is 13.4. The van der Waals surface area contributed by atoms with Crippen LogP contribution in [0.4, 0.5) is 10.2 Å². The predicted molar refractivity (Wildman–Crippen MR) is 112 cm³/mol. The molecule has 154 valence electrons. The maximum absolute atomic E-state index is 13.4. The van der Waals surface area contributed by atoms with Crippen molar-refractivity contribution in [2.45, 2.75) is 6.42 Å². The van der Waals surface area contributed by atoms with Crippen molar-refractivity contribution in [3.63, 3.8) is 0 Å². The van der Waals surface area contributed by atoms with Gasteiger partial charge >= 0.3 is 0 Å². The highest BCUT2D eigenvalue weighted by atomic mass is 19.1. The molecule has 0 unspecified atom stereocenters.